The van der Waals surface area contributed by atoms with Crippen molar-refractivity contribution in [1.29, 1.82) is 0 Å². The topological polar surface area (TPSA) is 72.5 Å². The van der Waals surface area contributed by atoms with Crippen LogP contribution in [0.5, 0.6) is 5.75 Å². The van der Waals surface area contributed by atoms with Gasteiger partial charge in [0, 0.05) is 37.9 Å². The molecule has 1 fully saturated rings. The van der Waals surface area contributed by atoms with E-state index in [1.807, 2.05) is 31.2 Å². The normalized spacial score (nSPS) is 27.5. The molecule has 0 bridgehead atoms. The van der Waals surface area contributed by atoms with E-state index < -0.39 is 0 Å². The molecule has 0 aromatic heterocycles. The molecule has 0 N–H and O–H groups in total. The van der Waals surface area contributed by atoms with Gasteiger partial charge in [0.15, 0.2) is 6.29 Å². The van der Waals surface area contributed by atoms with E-state index in [4.69, 9.17) is 28.4 Å². The molecule has 1 aromatic rings. The van der Waals surface area contributed by atoms with Gasteiger partial charge in [-0.3, -0.25) is 0 Å². The minimum Gasteiger partial charge on any atom is -0.497 e. The van der Waals surface area contributed by atoms with E-state index in [1.54, 1.807) is 21.3 Å². The van der Waals surface area contributed by atoms with E-state index in [1.165, 1.54) is 0 Å². The van der Waals surface area contributed by atoms with Gasteiger partial charge in [-0.1, -0.05) is 52.0 Å². The molecule has 1 aromatic carbocycles. The summed E-state index contributed by atoms with van der Waals surface area (Å²) in [7, 11) is 4.95. The van der Waals surface area contributed by atoms with Crippen molar-refractivity contribution in [2.75, 3.05) is 28.1 Å². The van der Waals surface area contributed by atoms with Crippen molar-refractivity contribution in [3.8, 4) is 5.75 Å². The predicted molar refractivity (Wildman–Crippen MR) is 135 cm³/mol. The first-order chi connectivity index (χ1) is 16.9. The summed E-state index contributed by atoms with van der Waals surface area (Å²) in [5, 5.41) is 0. The second kappa shape index (κ2) is 15.4. The second-order valence-corrected chi connectivity index (χ2v) is 9.52. The van der Waals surface area contributed by atoms with Crippen molar-refractivity contribution < 1.29 is 33.2 Å². The van der Waals surface area contributed by atoms with Crippen molar-refractivity contribution in [1.82, 2.24) is 0 Å². The Kier molecular flexibility index (Phi) is 12.9. The molecular formula is C28H44O7. The van der Waals surface area contributed by atoms with Gasteiger partial charge >= 0.3 is 0 Å². The first-order valence-corrected chi connectivity index (χ1v) is 12.5. The Morgan fingerprint density at radius 3 is 2.34 bits per heavy atom. The van der Waals surface area contributed by atoms with Gasteiger partial charge in [0.2, 0.25) is 0 Å². The minimum atomic E-state index is -0.301. The number of hydrogen-bond donors (Lipinski definition) is 0. The van der Waals surface area contributed by atoms with Crippen molar-refractivity contribution in [2.45, 2.75) is 71.7 Å². The molecule has 0 radical (unpaired) electrons. The van der Waals surface area contributed by atoms with Gasteiger partial charge in [0.25, 0.3) is 0 Å². The van der Waals surface area contributed by atoms with Gasteiger partial charge in [-0.25, -0.2) is 0 Å². The number of aldehydes is 1. The minimum absolute atomic E-state index is 0.00530. The van der Waals surface area contributed by atoms with Gasteiger partial charge in [-0.15, -0.1) is 0 Å². The van der Waals surface area contributed by atoms with Crippen LogP contribution in [0.1, 0.15) is 46.1 Å². The van der Waals surface area contributed by atoms with Crippen LogP contribution in [0, 0.1) is 23.7 Å². The van der Waals surface area contributed by atoms with Gasteiger partial charge in [-0.05, 0) is 30.5 Å². The Bertz CT molecular complexity index is 750. The third-order valence-electron chi connectivity index (χ3n) is 6.88. The summed E-state index contributed by atoms with van der Waals surface area (Å²) in [6.07, 6.45) is 6.49. The molecule has 1 saturated heterocycles. The van der Waals surface area contributed by atoms with Crippen molar-refractivity contribution in [3.05, 3.63) is 42.0 Å². The van der Waals surface area contributed by atoms with Crippen molar-refractivity contribution >= 4 is 6.29 Å². The number of carbonyl (C=O) groups excluding carboxylic acids is 1. The molecule has 2 rings (SSSR count). The summed E-state index contributed by atoms with van der Waals surface area (Å²) in [6, 6.07) is 7.78. The van der Waals surface area contributed by atoms with Crippen molar-refractivity contribution in [3.63, 3.8) is 0 Å². The lowest BCUT2D eigenvalue weighted by Crippen LogP contribution is -2.50. The summed E-state index contributed by atoms with van der Waals surface area (Å²) >= 11 is 0. The Morgan fingerprint density at radius 1 is 1.03 bits per heavy atom. The first kappa shape index (κ1) is 29.5. The van der Waals surface area contributed by atoms with Crippen LogP contribution in [0.25, 0.3) is 0 Å². The maximum absolute atomic E-state index is 11.5. The Morgan fingerprint density at radius 2 is 1.74 bits per heavy atom. The fourth-order valence-electron chi connectivity index (χ4n) is 4.77. The number of methoxy groups -OCH3 is 3. The molecule has 0 amide bonds. The average Bonchev–Trinajstić information content (AvgIpc) is 2.87. The highest BCUT2D eigenvalue weighted by molar-refractivity contribution is 5.54. The lowest BCUT2D eigenvalue weighted by Gasteiger charge is -2.43. The molecule has 35 heavy (non-hydrogen) atoms. The van der Waals surface area contributed by atoms with E-state index in [0.29, 0.717) is 6.61 Å². The highest BCUT2D eigenvalue weighted by Gasteiger charge is 2.42. The molecule has 1 aliphatic heterocycles. The Hall–Kier alpha value is -1.77. The Labute approximate surface area is 211 Å². The smallest absolute Gasteiger partial charge is 0.162 e. The van der Waals surface area contributed by atoms with Crippen LogP contribution in [0.4, 0.5) is 0 Å². The molecule has 7 heteroatoms. The molecule has 0 spiro atoms. The third kappa shape index (κ3) is 8.69. The van der Waals surface area contributed by atoms with E-state index in [-0.39, 0.29) is 55.1 Å². The molecule has 7 nitrogen and oxygen atoms in total. The largest absolute Gasteiger partial charge is 0.497 e. The molecule has 1 aliphatic rings. The fraction of sp³-hybridized carbons (Fsp3) is 0.679. The summed E-state index contributed by atoms with van der Waals surface area (Å²) in [5.41, 5.74) is 1.04. The maximum atomic E-state index is 11.5. The molecule has 0 saturated carbocycles. The summed E-state index contributed by atoms with van der Waals surface area (Å²) in [4.78, 5) is 11.5. The van der Waals surface area contributed by atoms with Crippen LogP contribution < -0.4 is 4.74 Å². The molecular weight excluding hydrogens is 448 g/mol. The van der Waals surface area contributed by atoms with Crippen LogP contribution in [-0.4, -0.2) is 59.0 Å². The molecule has 8 atom stereocenters. The fourth-order valence-corrected chi connectivity index (χ4v) is 4.77. The number of hydrogen-bond acceptors (Lipinski definition) is 7. The lowest BCUT2D eigenvalue weighted by atomic mass is 9.84. The zero-order chi connectivity index (χ0) is 25.8. The predicted octanol–water partition coefficient (Wildman–Crippen LogP) is 5.02. The maximum Gasteiger partial charge on any atom is 0.162 e. The number of benzene rings is 1. The molecule has 0 unspecified atom stereocenters. The van der Waals surface area contributed by atoms with Gasteiger partial charge < -0.3 is 33.2 Å². The van der Waals surface area contributed by atoms with Crippen LogP contribution in [-0.2, 0) is 35.1 Å². The first-order valence-electron chi connectivity index (χ1n) is 12.5. The van der Waals surface area contributed by atoms with E-state index in [0.717, 1.165) is 30.4 Å². The van der Waals surface area contributed by atoms with Gasteiger partial charge in [0.05, 0.1) is 32.0 Å². The zero-order valence-corrected chi connectivity index (χ0v) is 22.3. The number of carbonyl (C=O) groups is 1. The highest BCUT2D eigenvalue weighted by Crippen LogP contribution is 2.34. The second-order valence-electron chi connectivity index (χ2n) is 9.52. The van der Waals surface area contributed by atoms with Gasteiger partial charge in [-0.2, -0.15) is 0 Å². The number of rotatable bonds is 15. The summed E-state index contributed by atoms with van der Waals surface area (Å²) in [6.45, 7) is 8.94. The summed E-state index contributed by atoms with van der Waals surface area (Å²) in [5.74, 6) is 1.01. The Balaban J connectivity index is 1.92. The highest BCUT2D eigenvalue weighted by atomic mass is 16.7. The summed E-state index contributed by atoms with van der Waals surface area (Å²) < 4.78 is 34.3. The van der Waals surface area contributed by atoms with E-state index in [9.17, 15) is 4.79 Å². The van der Waals surface area contributed by atoms with Gasteiger partial charge in [0.1, 0.15) is 18.8 Å². The standard InChI is InChI=1S/C28H44O7/c1-19(26(20(2)16-29)33-17-23-12-14-24(31-6)15-13-23)10-8-9-11-25-21(3)27(34-18-30-5)22(4)28(32-7)35-25/h8,10,12-16,19-22,25-28H,9,11,17-18H2,1-7H3/b10-8-/t19-,20+,21+,22+,25-,26-,27-,28+/m0/s1. The average molecular weight is 493 g/mol. The number of allylic oxidation sites excluding steroid dienone is 1. The molecule has 0 aliphatic carbocycles. The van der Waals surface area contributed by atoms with E-state index >= 15 is 0 Å². The lowest BCUT2D eigenvalue weighted by molar-refractivity contribution is -0.271. The quantitative estimate of drug-likeness (QED) is 0.193. The van der Waals surface area contributed by atoms with Crippen molar-refractivity contribution in [2.24, 2.45) is 23.7 Å². The number of ether oxygens (including phenoxy) is 6. The van der Waals surface area contributed by atoms with Crippen LogP contribution in [0.2, 0.25) is 0 Å². The third-order valence-corrected chi connectivity index (χ3v) is 6.88. The monoisotopic (exact) mass is 492 g/mol. The molecule has 198 valence electrons. The zero-order valence-electron chi connectivity index (χ0n) is 22.3. The van der Waals surface area contributed by atoms with E-state index in [2.05, 4.69) is 32.9 Å². The van der Waals surface area contributed by atoms with Crippen LogP contribution in [0.15, 0.2) is 36.4 Å². The van der Waals surface area contributed by atoms with Crippen LogP contribution >= 0.6 is 0 Å². The molecule has 1 heterocycles. The SMILES string of the molecule is COCO[C@@H]1[C@@H](C)[C@H](OC)O[C@@H](CC/C=C\[C@H](C)[C@H](OCc2ccc(OC)cc2)[C@H](C)C=O)[C@H]1C. The van der Waals surface area contributed by atoms with Crippen LogP contribution in [0.3, 0.4) is 0 Å².